The van der Waals surface area contributed by atoms with Gasteiger partial charge in [0.1, 0.15) is 6.29 Å². The number of carbonyl (C=O) groups is 1. The van der Waals surface area contributed by atoms with E-state index in [9.17, 15) is 15.2 Å². The molecule has 0 spiro atoms. The number of aromatic nitrogens is 1. The number of carbonyl (C=O) groups excluding carboxylic acids is 1. The molecular formula is C28H31N3O3. The number of hydrogen-bond donors (Lipinski definition) is 2. The molecule has 2 aromatic carbocycles. The molecule has 0 radical (unpaired) electrons. The van der Waals surface area contributed by atoms with Gasteiger partial charge in [0.2, 0.25) is 0 Å². The fourth-order valence-corrected chi connectivity index (χ4v) is 5.92. The van der Waals surface area contributed by atoms with Gasteiger partial charge in [-0.05, 0) is 54.7 Å². The second kappa shape index (κ2) is 10.0. The average molecular weight is 458 g/mol. The molecule has 0 bridgehead atoms. The van der Waals surface area contributed by atoms with E-state index in [-0.39, 0.29) is 17.9 Å². The number of ether oxygens (including phenoxy) is 1. The molecule has 3 aromatic rings. The van der Waals surface area contributed by atoms with Crippen LogP contribution < -0.4 is 0 Å². The Morgan fingerprint density at radius 1 is 1.15 bits per heavy atom. The van der Waals surface area contributed by atoms with Crippen molar-refractivity contribution in [3.63, 3.8) is 0 Å². The Hall–Kier alpha value is -3.14. The molecule has 6 nitrogen and oxygen atoms in total. The SMILES string of the molecule is N#CN1CCc2c([nH]c3ccccc23)[C@H](OCc2ccccc2)C[C@H]2[C@@H](CC[C@H](O)[C@@H]2C=O)C1. The van der Waals surface area contributed by atoms with Gasteiger partial charge in [-0.25, -0.2) is 0 Å². The first-order chi connectivity index (χ1) is 16.7. The van der Waals surface area contributed by atoms with E-state index in [0.29, 0.717) is 32.5 Å². The van der Waals surface area contributed by atoms with Crippen molar-refractivity contribution in [3.05, 3.63) is 71.4 Å². The Bertz CT molecular complexity index is 1170. The number of H-pyrrole nitrogens is 1. The maximum Gasteiger partial charge on any atom is 0.179 e. The number of aliphatic hydroxyl groups is 1. The normalized spacial score (nSPS) is 27.4. The van der Waals surface area contributed by atoms with Crippen molar-refractivity contribution in [1.29, 1.82) is 5.26 Å². The smallest absolute Gasteiger partial charge is 0.179 e. The largest absolute Gasteiger partial charge is 0.392 e. The number of nitrogens with one attached hydrogen (secondary N) is 1. The highest BCUT2D eigenvalue weighted by atomic mass is 16.5. The zero-order chi connectivity index (χ0) is 23.5. The molecule has 34 heavy (non-hydrogen) atoms. The summed E-state index contributed by atoms with van der Waals surface area (Å²) in [7, 11) is 0. The van der Waals surface area contributed by atoms with Gasteiger partial charge in [0.25, 0.3) is 0 Å². The molecule has 5 atom stereocenters. The highest BCUT2D eigenvalue weighted by molar-refractivity contribution is 5.84. The summed E-state index contributed by atoms with van der Waals surface area (Å²) >= 11 is 0. The number of aromatic amines is 1. The Kier molecular flexibility index (Phi) is 6.66. The molecule has 0 saturated heterocycles. The Balaban J connectivity index is 1.57. The van der Waals surface area contributed by atoms with Crippen molar-refractivity contribution in [3.8, 4) is 6.19 Å². The summed E-state index contributed by atoms with van der Waals surface area (Å²) in [5, 5.41) is 21.6. The molecule has 5 rings (SSSR count). The van der Waals surface area contributed by atoms with Crippen LogP contribution in [-0.2, 0) is 22.6 Å². The van der Waals surface area contributed by atoms with Crippen molar-refractivity contribution in [2.24, 2.45) is 17.8 Å². The lowest BCUT2D eigenvalue weighted by molar-refractivity contribution is -0.122. The quantitative estimate of drug-likeness (QED) is 0.449. The number of para-hydroxylation sites is 1. The van der Waals surface area contributed by atoms with Crippen LogP contribution in [0, 0.1) is 29.2 Å². The van der Waals surface area contributed by atoms with Crippen LogP contribution in [0.15, 0.2) is 54.6 Å². The van der Waals surface area contributed by atoms with Gasteiger partial charge in [0.05, 0.1) is 18.8 Å². The first kappa shape index (κ1) is 22.6. The minimum atomic E-state index is -0.644. The predicted octanol–water partition coefficient (Wildman–Crippen LogP) is 4.36. The van der Waals surface area contributed by atoms with Gasteiger partial charge in [-0.2, -0.15) is 5.26 Å². The highest BCUT2D eigenvalue weighted by Gasteiger charge is 2.41. The molecular weight excluding hydrogens is 426 g/mol. The van der Waals surface area contributed by atoms with Gasteiger partial charge in [0, 0.05) is 35.6 Å². The summed E-state index contributed by atoms with van der Waals surface area (Å²) in [5.74, 6) is -0.350. The zero-order valence-electron chi connectivity index (χ0n) is 19.3. The topological polar surface area (TPSA) is 89.3 Å². The summed E-state index contributed by atoms with van der Waals surface area (Å²) in [6, 6.07) is 18.3. The van der Waals surface area contributed by atoms with E-state index in [2.05, 4.69) is 35.4 Å². The molecule has 1 aromatic heterocycles. The van der Waals surface area contributed by atoms with E-state index >= 15 is 0 Å². The Morgan fingerprint density at radius 2 is 1.94 bits per heavy atom. The molecule has 6 heteroatoms. The van der Waals surface area contributed by atoms with Gasteiger partial charge >= 0.3 is 0 Å². The number of nitrogens with zero attached hydrogens (tertiary/aromatic N) is 2. The lowest BCUT2D eigenvalue weighted by Crippen LogP contribution is -2.44. The van der Waals surface area contributed by atoms with Crippen LogP contribution in [0.25, 0.3) is 10.9 Å². The molecule has 2 heterocycles. The number of benzene rings is 2. The lowest BCUT2D eigenvalue weighted by Gasteiger charge is -2.42. The van der Waals surface area contributed by atoms with Crippen molar-refractivity contribution in [2.75, 3.05) is 13.1 Å². The molecule has 2 aliphatic rings. The number of fused-ring (bicyclic) bond motifs is 4. The summed E-state index contributed by atoms with van der Waals surface area (Å²) in [5.41, 5.74) is 4.35. The number of nitriles is 1. The van der Waals surface area contributed by atoms with E-state index in [1.165, 1.54) is 5.56 Å². The van der Waals surface area contributed by atoms with E-state index in [1.807, 2.05) is 35.2 Å². The first-order valence-corrected chi connectivity index (χ1v) is 12.2. The lowest BCUT2D eigenvalue weighted by atomic mass is 9.68. The number of hydrogen-bond acceptors (Lipinski definition) is 5. The first-order valence-electron chi connectivity index (χ1n) is 12.2. The summed E-state index contributed by atoms with van der Waals surface area (Å²) in [6.07, 6.45) is 5.17. The summed E-state index contributed by atoms with van der Waals surface area (Å²) < 4.78 is 6.58. The minimum absolute atomic E-state index is 0.0600. The third-order valence-corrected chi connectivity index (χ3v) is 7.71. The molecule has 0 unspecified atom stereocenters. The molecule has 1 fully saturated rings. The van der Waals surface area contributed by atoms with Gasteiger partial charge < -0.3 is 24.5 Å². The molecule has 176 valence electrons. The molecule has 1 aliphatic heterocycles. The third-order valence-electron chi connectivity index (χ3n) is 7.71. The zero-order valence-corrected chi connectivity index (χ0v) is 19.3. The van der Waals surface area contributed by atoms with Crippen LogP contribution in [0.4, 0.5) is 0 Å². The fraction of sp³-hybridized carbons (Fsp3) is 0.429. The summed E-state index contributed by atoms with van der Waals surface area (Å²) in [4.78, 5) is 17.6. The van der Waals surface area contributed by atoms with Crippen molar-refractivity contribution < 1.29 is 14.6 Å². The van der Waals surface area contributed by atoms with Crippen molar-refractivity contribution in [1.82, 2.24) is 9.88 Å². The van der Waals surface area contributed by atoms with Crippen LogP contribution in [0.2, 0.25) is 0 Å². The van der Waals surface area contributed by atoms with Crippen LogP contribution in [-0.4, -0.2) is 40.5 Å². The standard InChI is InChI=1S/C28H31N3O3/c29-18-31-13-12-22-21-8-4-5-9-25(21)30-28(22)27(34-17-19-6-2-1-3-7-19)14-23-20(15-31)10-11-26(33)24(23)16-32/h1-9,16,20,23-24,26-27,30,33H,10-15,17H2/t20-,23-,24+,26-,27+/m0/s1. The molecule has 0 amide bonds. The van der Waals surface area contributed by atoms with Gasteiger partial charge in [-0.3, -0.25) is 0 Å². The highest BCUT2D eigenvalue weighted by Crippen LogP contribution is 2.43. The van der Waals surface area contributed by atoms with E-state index in [1.54, 1.807) is 0 Å². The van der Waals surface area contributed by atoms with E-state index < -0.39 is 12.0 Å². The molecule has 1 aliphatic carbocycles. The van der Waals surface area contributed by atoms with Crippen LogP contribution in [0.3, 0.4) is 0 Å². The number of aldehydes is 1. The Morgan fingerprint density at radius 3 is 2.74 bits per heavy atom. The van der Waals surface area contributed by atoms with Gasteiger partial charge in [0.15, 0.2) is 6.19 Å². The van der Waals surface area contributed by atoms with Crippen LogP contribution >= 0.6 is 0 Å². The van der Waals surface area contributed by atoms with Crippen molar-refractivity contribution >= 4 is 17.2 Å². The van der Waals surface area contributed by atoms with E-state index in [4.69, 9.17) is 4.74 Å². The third kappa shape index (κ3) is 4.46. The second-order valence-electron chi connectivity index (χ2n) is 9.66. The monoisotopic (exact) mass is 457 g/mol. The van der Waals surface area contributed by atoms with Gasteiger partial charge in [-0.1, -0.05) is 48.5 Å². The van der Waals surface area contributed by atoms with Crippen molar-refractivity contribution in [2.45, 2.75) is 44.5 Å². The fourth-order valence-electron chi connectivity index (χ4n) is 5.92. The maximum absolute atomic E-state index is 12.1. The van der Waals surface area contributed by atoms with E-state index in [0.717, 1.165) is 41.3 Å². The molecule has 1 saturated carbocycles. The second-order valence-corrected chi connectivity index (χ2v) is 9.66. The van der Waals surface area contributed by atoms with Gasteiger partial charge in [-0.15, -0.1) is 0 Å². The average Bonchev–Trinajstić information content (AvgIpc) is 3.24. The molecule has 2 N–H and O–H groups in total. The van der Waals surface area contributed by atoms with Crippen LogP contribution in [0.1, 0.15) is 42.2 Å². The number of rotatable bonds is 4. The minimum Gasteiger partial charge on any atom is -0.392 e. The van der Waals surface area contributed by atoms with Crippen LogP contribution in [0.5, 0.6) is 0 Å². The predicted molar refractivity (Wildman–Crippen MR) is 130 cm³/mol. The number of aliphatic hydroxyl groups excluding tert-OH is 1. The Labute approximate surface area is 200 Å². The maximum atomic E-state index is 12.1. The summed E-state index contributed by atoms with van der Waals surface area (Å²) in [6.45, 7) is 1.70.